The molecule has 0 saturated heterocycles. The maximum Gasteiger partial charge on any atom is 0.224 e. The standard InChI is InChI=1S/C16H16BrN5.ClH/c1-8-11(7-10-5-3-4-6-12(10)17)9(2)20-15-13(8)14(18)21-16(19)22-15;/h3-6H,7H2,1-2H3,(H4,18,19,20,21,22);1H. The van der Waals surface area contributed by atoms with Crippen molar-refractivity contribution in [2.75, 3.05) is 11.5 Å². The predicted molar refractivity (Wildman–Crippen MR) is 99.8 cm³/mol. The Morgan fingerprint density at radius 2 is 1.74 bits per heavy atom. The Bertz CT molecular complexity index is 882. The van der Waals surface area contributed by atoms with E-state index in [1.165, 1.54) is 5.56 Å². The van der Waals surface area contributed by atoms with Crippen molar-refractivity contribution in [1.82, 2.24) is 15.0 Å². The highest BCUT2D eigenvalue weighted by molar-refractivity contribution is 9.10. The van der Waals surface area contributed by atoms with Gasteiger partial charge in [0, 0.05) is 16.6 Å². The maximum atomic E-state index is 6.02. The molecule has 1 aromatic carbocycles. The summed E-state index contributed by atoms with van der Waals surface area (Å²) in [7, 11) is 0. The van der Waals surface area contributed by atoms with E-state index in [-0.39, 0.29) is 18.4 Å². The summed E-state index contributed by atoms with van der Waals surface area (Å²) in [5, 5.41) is 0.779. The van der Waals surface area contributed by atoms with Crippen LogP contribution in [0.3, 0.4) is 0 Å². The van der Waals surface area contributed by atoms with Gasteiger partial charge < -0.3 is 11.5 Å². The lowest BCUT2D eigenvalue weighted by Crippen LogP contribution is -2.07. The Hall–Kier alpha value is -1.92. The van der Waals surface area contributed by atoms with E-state index in [0.29, 0.717) is 11.5 Å². The molecule has 0 bridgehead atoms. The van der Waals surface area contributed by atoms with Gasteiger partial charge in [-0.15, -0.1) is 12.4 Å². The van der Waals surface area contributed by atoms with Crippen LogP contribution in [0, 0.1) is 13.8 Å². The molecule has 3 rings (SSSR count). The molecule has 4 N–H and O–H groups in total. The first-order valence-electron chi connectivity index (χ1n) is 6.89. The summed E-state index contributed by atoms with van der Waals surface area (Å²) in [5.74, 6) is 0.524. The number of nitrogens with zero attached hydrogens (tertiary/aromatic N) is 3. The van der Waals surface area contributed by atoms with Crippen LogP contribution in [0.2, 0.25) is 0 Å². The number of nitrogens with two attached hydrogens (primary N) is 2. The van der Waals surface area contributed by atoms with Crippen LogP contribution in [0.5, 0.6) is 0 Å². The number of aromatic nitrogens is 3. The van der Waals surface area contributed by atoms with Crippen molar-refractivity contribution in [2.24, 2.45) is 0 Å². The summed E-state index contributed by atoms with van der Waals surface area (Å²) < 4.78 is 1.08. The second-order valence-electron chi connectivity index (χ2n) is 5.23. The number of hydrogen-bond donors (Lipinski definition) is 2. The van der Waals surface area contributed by atoms with Crippen molar-refractivity contribution in [2.45, 2.75) is 20.3 Å². The van der Waals surface area contributed by atoms with Crippen molar-refractivity contribution in [3.63, 3.8) is 0 Å². The maximum absolute atomic E-state index is 6.02. The van der Waals surface area contributed by atoms with E-state index in [4.69, 9.17) is 11.5 Å². The molecule has 0 spiro atoms. The molecule has 0 fully saturated rings. The third-order valence-electron chi connectivity index (χ3n) is 3.80. The Morgan fingerprint density at radius 1 is 1.04 bits per heavy atom. The number of nitrogen functional groups attached to an aromatic ring is 2. The molecular formula is C16H17BrClN5. The van der Waals surface area contributed by atoms with Crippen LogP contribution >= 0.6 is 28.3 Å². The van der Waals surface area contributed by atoms with Gasteiger partial charge in [0.2, 0.25) is 5.95 Å². The monoisotopic (exact) mass is 393 g/mol. The predicted octanol–water partition coefficient (Wildman–Crippen LogP) is 3.58. The highest BCUT2D eigenvalue weighted by Gasteiger charge is 2.15. The molecule has 0 aliphatic heterocycles. The van der Waals surface area contributed by atoms with Gasteiger partial charge in [-0.2, -0.15) is 9.97 Å². The zero-order chi connectivity index (χ0) is 15.9. The van der Waals surface area contributed by atoms with Gasteiger partial charge in [0.25, 0.3) is 0 Å². The van der Waals surface area contributed by atoms with Gasteiger partial charge >= 0.3 is 0 Å². The smallest absolute Gasteiger partial charge is 0.224 e. The van der Waals surface area contributed by atoms with Crippen molar-refractivity contribution < 1.29 is 0 Å². The number of pyridine rings is 1. The van der Waals surface area contributed by atoms with Crippen LogP contribution in [0.4, 0.5) is 11.8 Å². The van der Waals surface area contributed by atoms with E-state index >= 15 is 0 Å². The summed E-state index contributed by atoms with van der Waals surface area (Å²) >= 11 is 3.59. The molecule has 0 amide bonds. The first-order valence-corrected chi connectivity index (χ1v) is 7.69. The summed E-state index contributed by atoms with van der Waals surface area (Å²) in [4.78, 5) is 12.8. The average molecular weight is 395 g/mol. The van der Waals surface area contributed by atoms with Gasteiger partial charge in [-0.3, -0.25) is 0 Å². The van der Waals surface area contributed by atoms with Crippen molar-refractivity contribution in [3.05, 3.63) is 51.1 Å². The first kappa shape index (κ1) is 17.4. The normalized spacial score (nSPS) is 10.6. The molecule has 120 valence electrons. The van der Waals surface area contributed by atoms with E-state index in [1.807, 2.05) is 32.0 Å². The third kappa shape index (κ3) is 3.23. The van der Waals surface area contributed by atoms with Crippen molar-refractivity contribution >= 4 is 51.1 Å². The van der Waals surface area contributed by atoms with Crippen LogP contribution in [-0.4, -0.2) is 15.0 Å². The molecule has 0 aliphatic rings. The van der Waals surface area contributed by atoms with Gasteiger partial charge in [0.05, 0.1) is 5.39 Å². The molecule has 2 aromatic heterocycles. The summed E-state index contributed by atoms with van der Waals surface area (Å²) in [6, 6.07) is 8.15. The molecule has 0 radical (unpaired) electrons. The van der Waals surface area contributed by atoms with E-state index in [0.717, 1.165) is 33.1 Å². The first-order chi connectivity index (χ1) is 10.5. The van der Waals surface area contributed by atoms with E-state index in [9.17, 15) is 0 Å². The second-order valence-corrected chi connectivity index (χ2v) is 6.09. The average Bonchev–Trinajstić information content (AvgIpc) is 2.44. The van der Waals surface area contributed by atoms with Crippen LogP contribution in [0.15, 0.2) is 28.7 Å². The highest BCUT2D eigenvalue weighted by Crippen LogP contribution is 2.29. The Kier molecular flexibility index (Phi) is 5.06. The number of aryl methyl sites for hydroxylation is 2. The fourth-order valence-electron chi connectivity index (χ4n) is 2.67. The van der Waals surface area contributed by atoms with Crippen LogP contribution in [0.25, 0.3) is 11.0 Å². The molecular weight excluding hydrogens is 378 g/mol. The van der Waals surface area contributed by atoms with Crippen molar-refractivity contribution in [3.8, 4) is 0 Å². The third-order valence-corrected chi connectivity index (χ3v) is 4.57. The van der Waals surface area contributed by atoms with Gasteiger partial charge in [-0.05, 0) is 36.6 Å². The fraction of sp³-hybridized carbons (Fsp3) is 0.188. The molecule has 5 nitrogen and oxygen atoms in total. The van der Waals surface area contributed by atoms with E-state index in [2.05, 4.69) is 36.9 Å². The Morgan fingerprint density at radius 3 is 2.43 bits per heavy atom. The second kappa shape index (κ2) is 6.68. The Balaban J connectivity index is 0.00000192. The number of hydrogen-bond acceptors (Lipinski definition) is 5. The lowest BCUT2D eigenvalue weighted by atomic mass is 9.97. The number of benzene rings is 1. The number of halogens is 2. The molecule has 3 aromatic rings. The molecule has 23 heavy (non-hydrogen) atoms. The number of fused-ring (bicyclic) bond motifs is 1. The van der Waals surface area contributed by atoms with E-state index < -0.39 is 0 Å². The molecule has 0 unspecified atom stereocenters. The summed E-state index contributed by atoms with van der Waals surface area (Å²) in [6.45, 7) is 4.01. The van der Waals surface area contributed by atoms with Gasteiger partial charge in [0.1, 0.15) is 5.82 Å². The largest absolute Gasteiger partial charge is 0.383 e. The zero-order valence-electron chi connectivity index (χ0n) is 12.8. The molecule has 2 heterocycles. The van der Waals surface area contributed by atoms with Gasteiger partial charge in [0.15, 0.2) is 5.65 Å². The van der Waals surface area contributed by atoms with Crippen molar-refractivity contribution in [1.29, 1.82) is 0 Å². The molecule has 7 heteroatoms. The lowest BCUT2D eigenvalue weighted by Gasteiger charge is -2.14. The minimum Gasteiger partial charge on any atom is -0.383 e. The molecule has 0 atom stereocenters. The molecule has 0 aliphatic carbocycles. The quantitative estimate of drug-likeness (QED) is 0.693. The van der Waals surface area contributed by atoms with E-state index in [1.54, 1.807) is 0 Å². The van der Waals surface area contributed by atoms with Crippen LogP contribution in [0.1, 0.15) is 22.4 Å². The Labute approximate surface area is 149 Å². The topological polar surface area (TPSA) is 90.7 Å². The SMILES string of the molecule is Cc1nc2nc(N)nc(N)c2c(C)c1Cc1ccccc1Br.Cl. The van der Waals surface area contributed by atoms with Gasteiger partial charge in [-0.25, -0.2) is 4.98 Å². The molecule has 0 saturated carbocycles. The highest BCUT2D eigenvalue weighted by atomic mass is 79.9. The minimum atomic E-state index is 0. The summed E-state index contributed by atoms with van der Waals surface area (Å²) in [5.41, 5.74) is 16.5. The summed E-state index contributed by atoms with van der Waals surface area (Å²) in [6.07, 6.45) is 0.770. The van der Waals surface area contributed by atoms with Crippen LogP contribution in [-0.2, 0) is 6.42 Å². The number of rotatable bonds is 2. The lowest BCUT2D eigenvalue weighted by molar-refractivity contribution is 1.05. The van der Waals surface area contributed by atoms with Gasteiger partial charge in [-0.1, -0.05) is 34.1 Å². The zero-order valence-corrected chi connectivity index (χ0v) is 15.2. The van der Waals surface area contributed by atoms with Crippen LogP contribution < -0.4 is 11.5 Å². The fourth-order valence-corrected chi connectivity index (χ4v) is 3.09. The minimum absolute atomic E-state index is 0. The number of anilines is 2.